The van der Waals surface area contributed by atoms with E-state index in [1.807, 2.05) is 12.1 Å². The first-order valence-corrected chi connectivity index (χ1v) is 4.49. The molecule has 0 unspecified atom stereocenters. The van der Waals surface area contributed by atoms with Crippen molar-refractivity contribution in [3.63, 3.8) is 0 Å². The largest absolute Gasteiger partial charge is 0.384 e. The van der Waals surface area contributed by atoms with Gasteiger partial charge in [-0.1, -0.05) is 36.4 Å². The number of carbonyl (C=O) groups excluding carboxylic acids is 1. The summed E-state index contributed by atoms with van der Waals surface area (Å²) in [7, 11) is 0. The van der Waals surface area contributed by atoms with Gasteiger partial charge in [0.05, 0.1) is 0 Å². The van der Waals surface area contributed by atoms with Gasteiger partial charge in [0.1, 0.15) is 5.84 Å². The molecule has 1 amide bonds. The number of nitrogens with one attached hydrogen (secondary N) is 1. The van der Waals surface area contributed by atoms with Gasteiger partial charge in [-0.3, -0.25) is 10.2 Å². The van der Waals surface area contributed by atoms with Gasteiger partial charge in [0.15, 0.2) is 0 Å². The molecule has 0 spiro atoms. The van der Waals surface area contributed by atoms with E-state index >= 15 is 0 Å². The standard InChI is InChI=1S/C11H13N3O/c12-10(15)3-1-2-8-4-6-9(7-5-8)11(13)14/h1-2,4-7H,3H2,(H2,12,15)(H3,13,14). The van der Waals surface area contributed by atoms with Crippen molar-refractivity contribution in [3.05, 3.63) is 41.5 Å². The van der Waals surface area contributed by atoms with Gasteiger partial charge in [-0.25, -0.2) is 0 Å². The molecule has 15 heavy (non-hydrogen) atoms. The fourth-order valence-electron chi connectivity index (χ4n) is 1.08. The minimum atomic E-state index is -0.355. The smallest absolute Gasteiger partial charge is 0.221 e. The van der Waals surface area contributed by atoms with Crippen molar-refractivity contribution >= 4 is 17.8 Å². The van der Waals surface area contributed by atoms with E-state index in [2.05, 4.69) is 0 Å². The molecule has 0 aliphatic carbocycles. The molecule has 4 nitrogen and oxygen atoms in total. The van der Waals surface area contributed by atoms with E-state index in [9.17, 15) is 4.79 Å². The minimum Gasteiger partial charge on any atom is -0.384 e. The van der Waals surface area contributed by atoms with Gasteiger partial charge in [0, 0.05) is 12.0 Å². The Morgan fingerprint density at radius 1 is 1.27 bits per heavy atom. The summed E-state index contributed by atoms with van der Waals surface area (Å²) in [5.74, 6) is -0.311. The number of benzene rings is 1. The molecule has 0 fully saturated rings. The third-order valence-corrected chi connectivity index (χ3v) is 1.85. The second-order valence-electron chi connectivity index (χ2n) is 3.11. The number of amidine groups is 1. The van der Waals surface area contributed by atoms with E-state index in [4.69, 9.17) is 16.9 Å². The Balaban J connectivity index is 2.68. The van der Waals surface area contributed by atoms with Crippen LogP contribution in [-0.2, 0) is 4.79 Å². The molecule has 0 aliphatic rings. The Bertz CT molecular complexity index is 393. The van der Waals surface area contributed by atoms with Gasteiger partial charge < -0.3 is 11.5 Å². The van der Waals surface area contributed by atoms with Crippen LogP contribution in [0.15, 0.2) is 30.3 Å². The highest BCUT2D eigenvalue weighted by atomic mass is 16.1. The maximum absolute atomic E-state index is 10.5. The van der Waals surface area contributed by atoms with Crippen LogP contribution >= 0.6 is 0 Å². The summed E-state index contributed by atoms with van der Waals surface area (Å²) in [6.07, 6.45) is 3.73. The number of hydrogen-bond donors (Lipinski definition) is 3. The lowest BCUT2D eigenvalue weighted by Gasteiger charge is -1.98. The topological polar surface area (TPSA) is 93.0 Å². The first-order chi connectivity index (χ1) is 7.09. The fourth-order valence-corrected chi connectivity index (χ4v) is 1.08. The van der Waals surface area contributed by atoms with Crippen molar-refractivity contribution in [3.8, 4) is 0 Å². The molecule has 4 heteroatoms. The number of nitrogens with two attached hydrogens (primary N) is 2. The molecule has 78 valence electrons. The minimum absolute atomic E-state index is 0.0441. The Kier molecular flexibility index (Phi) is 3.62. The molecular formula is C11H13N3O. The first kappa shape index (κ1) is 11.0. The second-order valence-corrected chi connectivity index (χ2v) is 3.11. The summed E-state index contributed by atoms with van der Waals surface area (Å²) in [6.45, 7) is 0. The van der Waals surface area contributed by atoms with Gasteiger partial charge in [0.25, 0.3) is 0 Å². The predicted octanol–water partition coefficient (Wildman–Crippen LogP) is 0.859. The zero-order valence-electron chi connectivity index (χ0n) is 8.23. The summed E-state index contributed by atoms with van der Waals surface area (Å²) < 4.78 is 0. The number of hydrogen-bond acceptors (Lipinski definition) is 2. The highest BCUT2D eigenvalue weighted by Crippen LogP contribution is 2.05. The van der Waals surface area contributed by atoms with Gasteiger partial charge in [-0.15, -0.1) is 0 Å². The maximum atomic E-state index is 10.5. The van der Waals surface area contributed by atoms with Crippen LogP contribution in [0.3, 0.4) is 0 Å². The third kappa shape index (κ3) is 3.64. The number of nitrogen functional groups attached to an aromatic ring is 1. The summed E-state index contributed by atoms with van der Waals surface area (Å²) in [5.41, 5.74) is 11.9. The van der Waals surface area contributed by atoms with Gasteiger partial charge in [-0.2, -0.15) is 0 Å². The van der Waals surface area contributed by atoms with E-state index in [1.54, 1.807) is 24.3 Å². The lowest BCUT2D eigenvalue weighted by molar-refractivity contribution is -0.117. The van der Waals surface area contributed by atoms with Crippen LogP contribution in [-0.4, -0.2) is 11.7 Å². The highest BCUT2D eigenvalue weighted by molar-refractivity contribution is 5.95. The lowest BCUT2D eigenvalue weighted by atomic mass is 10.1. The van der Waals surface area contributed by atoms with Crippen LogP contribution in [0.25, 0.3) is 6.08 Å². The van der Waals surface area contributed by atoms with Crippen LogP contribution in [0.4, 0.5) is 0 Å². The third-order valence-electron chi connectivity index (χ3n) is 1.85. The lowest BCUT2D eigenvalue weighted by Crippen LogP contribution is -2.10. The van der Waals surface area contributed by atoms with Gasteiger partial charge in [0.2, 0.25) is 5.91 Å². The Morgan fingerprint density at radius 3 is 2.33 bits per heavy atom. The molecule has 0 radical (unpaired) electrons. The number of carbonyl (C=O) groups is 1. The van der Waals surface area contributed by atoms with E-state index in [0.717, 1.165) is 5.56 Å². The summed E-state index contributed by atoms with van der Waals surface area (Å²) >= 11 is 0. The van der Waals surface area contributed by atoms with Crippen molar-refractivity contribution in [2.45, 2.75) is 6.42 Å². The zero-order valence-corrected chi connectivity index (χ0v) is 8.23. The molecule has 0 saturated heterocycles. The predicted molar refractivity (Wildman–Crippen MR) is 60.3 cm³/mol. The monoisotopic (exact) mass is 203 g/mol. The van der Waals surface area contributed by atoms with Crippen molar-refractivity contribution in [2.75, 3.05) is 0 Å². The van der Waals surface area contributed by atoms with E-state index in [1.165, 1.54) is 0 Å². The fraction of sp³-hybridized carbons (Fsp3) is 0.0909. The quantitative estimate of drug-likeness (QED) is 0.500. The van der Waals surface area contributed by atoms with Gasteiger partial charge >= 0.3 is 0 Å². The van der Waals surface area contributed by atoms with Crippen LogP contribution in [0.1, 0.15) is 17.5 Å². The normalized spacial score (nSPS) is 10.4. The molecular weight excluding hydrogens is 190 g/mol. The van der Waals surface area contributed by atoms with E-state index in [0.29, 0.717) is 5.56 Å². The second kappa shape index (κ2) is 4.95. The number of rotatable bonds is 4. The summed E-state index contributed by atoms with van der Waals surface area (Å²) in [6, 6.07) is 7.17. The molecule has 0 aromatic heterocycles. The highest BCUT2D eigenvalue weighted by Gasteiger charge is 1.94. The SMILES string of the molecule is N=C(N)c1ccc(C=CCC(N)=O)cc1. The van der Waals surface area contributed by atoms with E-state index in [-0.39, 0.29) is 18.2 Å². The summed E-state index contributed by atoms with van der Waals surface area (Å²) in [5, 5.41) is 7.20. The van der Waals surface area contributed by atoms with Crippen molar-refractivity contribution in [1.82, 2.24) is 0 Å². The maximum Gasteiger partial charge on any atom is 0.221 e. The van der Waals surface area contributed by atoms with Crippen molar-refractivity contribution < 1.29 is 4.79 Å². The first-order valence-electron chi connectivity index (χ1n) is 4.49. The molecule has 0 atom stereocenters. The number of primary amides is 1. The average Bonchev–Trinajstić information content (AvgIpc) is 2.18. The molecule has 5 N–H and O–H groups in total. The Labute approximate surface area is 88.1 Å². The van der Waals surface area contributed by atoms with Gasteiger partial charge in [-0.05, 0) is 5.56 Å². The molecule has 0 heterocycles. The molecule has 0 bridgehead atoms. The molecule has 0 aliphatic heterocycles. The zero-order chi connectivity index (χ0) is 11.3. The molecule has 1 aromatic rings. The Hall–Kier alpha value is -2.10. The van der Waals surface area contributed by atoms with Crippen LogP contribution in [0.5, 0.6) is 0 Å². The Morgan fingerprint density at radius 2 is 1.87 bits per heavy atom. The number of amides is 1. The molecule has 1 aromatic carbocycles. The molecule has 0 saturated carbocycles. The van der Waals surface area contributed by atoms with Crippen LogP contribution in [0.2, 0.25) is 0 Å². The van der Waals surface area contributed by atoms with E-state index < -0.39 is 0 Å². The van der Waals surface area contributed by atoms with Crippen molar-refractivity contribution in [2.24, 2.45) is 11.5 Å². The van der Waals surface area contributed by atoms with Crippen molar-refractivity contribution in [1.29, 1.82) is 5.41 Å². The average molecular weight is 203 g/mol. The summed E-state index contributed by atoms with van der Waals surface area (Å²) in [4.78, 5) is 10.5. The van der Waals surface area contributed by atoms with Crippen LogP contribution in [0, 0.1) is 5.41 Å². The van der Waals surface area contributed by atoms with Crippen LogP contribution < -0.4 is 11.5 Å². The molecule has 1 rings (SSSR count).